The van der Waals surface area contributed by atoms with Gasteiger partial charge in [0.1, 0.15) is 11.5 Å². The fourth-order valence-corrected chi connectivity index (χ4v) is 13.2. The van der Waals surface area contributed by atoms with Crippen LogP contribution in [0, 0.1) is 22.7 Å². The fourth-order valence-electron chi connectivity index (χ4n) is 13.2. The molecule has 280 valence electrons. The first kappa shape index (κ1) is 34.8. The highest BCUT2D eigenvalue weighted by Gasteiger charge is 2.71. The Morgan fingerprint density at radius 3 is 1.87 bits per heavy atom. The normalized spacial score (nSPS) is 35.7. The van der Waals surface area contributed by atoms with Gasteiger partial charge in [-0.2, -0.15) is 0 Å². The number of aryl methyl sites for hydroxylation is 2. The molecule has 0 saturated heterocycles. The Balaban J connectivity index is 0.000000135. The van der Waals surface area contributed by atoms with Crippen LogP contribution in [0.15, 0.2) is 120 Å². The van der Waals surface area contributed by atoms with Crippen LogP contribution in [0.2, 0.25) is 0 Å². The van der Waals surface area contributed by atoms with Crippen LogP contribution < -0.4 is 9.47 Å². The third-order valence-corrected chi connectivity index (χ3v) is 16.0. The van der Waals surface area contributed by atoms with Crippen LogP contribution >= 0.6 is 0 Å². The van der Waals surface area contributed by atoms with Crippen LogP contribution in [-0.4, -0.2) is 23.3 Å². The Hall–Kier alpha value is -4.70. The van der Waals surface area contributed by atoms with E-state index in [1.54, 1.807) is 0 Å². The summed E-state index contributed by atoms with van der Waals surface area (Å²) in [6, 6.07) is 33.3. The monoisotopic (exact) mass is 728 g/mol. The summed E-state index contributed by atoms with van der Waals surface area (Å²) in [5.41, 5.74) is 9.75. The second kappa shape index (κ2) is 11.9. The van der Waals surface area contributed by atoms with Crippen LogP contribution in [-0.2, 0) is 23.7 Å². The molecule has 8 atom stereocenters. The molecular weight excluding hydrogens is 677 g/mol. The molecule has 11 rings (SSSR count). The molecule has 55 heavy (non-hydrogen) atoms. The number of ether oxygens (including phenoxy) is 2. The van der Waals surface area contributed by atoms with Gasteiger partial charge in [-0.3, -0.25) is 9.59 Å². The van der Waals surface area contributed by atoms with Gasteiger partial charge in [0.15, 0.2) is 11.7 Å². The van der Waals surface area contributed by atoms with Crippen molar-refractivity contribution >= 4 is 11.6 Å². The second-order valence-corrected chi connectivity index (χ2v) is 18.7. The molecule has 4 aromatic carbocycles. The van der Waals surface area contributed by atoms with E-state index in [2.05, 4.69) is 95.3 Å². The molecule has 4 nitrogen and oxygen atoms in total. The zero-order chi connectivity index (χ0) is 38.0. The molecule has 2 aliphatic heterocycles. The van der Waals surface area contributed by atoms with Gasteiger partial charge in [-0.25, -0.2) is 0 Å². The third kappa shape index (κ3) is 4.69. The molecule has 0 radical (unpaired) electrons. The van der Waals surface area contributed by atoms with Gasteiger partial charge in [-0.05, 0) is 126 Å². The summed E-state index contributed by atoms with van der Waals surface area (Å²) < 4.78 is 12.5. The first-order chi connectivity index (χ1) is 26.4. The van der Waals surface area contributed by atoms with E-state index in [-0.39, 0.29) is 39.3 Å². The lowest BCUT2D eigenvalue weighted by atomic mass is 9.40. The summed E-state index contributed by atoms with van der Waals surface area (Å²) in [5.74, 6) is 2.89. The van der Waals surface area contributed by atoms with Gasteiger partial charge in [-0.15, -0.1) is 0 Å². The summed E-state index contributed by atoms with van der Waals surface area (Å²) in [5, 5.41) is 0. The minimum atomic E-state index is -0.725. The highest BCUT2D eigenvalue weighted by molar-refractivity contribution is 6.11. The molecule has 0 amide bonds. The topological polar surface area (TPSA) is 52.6 Å². The van der Waals surface area contributed by atoms with Gasteiger partial charge in [-0.1, -0.05) is 118 Å². The zero-order valence-electron chi connectivity index (χ0n) is 32.9. The van der Waals surface area contributed by atoms with Crippen LogP contribution in [0.25, 0.3) is 0 Å². The molecule has 1 saturated carbocycles. The number of hydrogen-bond acceptors (Lipinski definition) is 4. The number of Topliss-reactive ketones (excluding diaryl/α,β-unsaturated/α-hetero) is 2. The van der Waals surface area contributed by atoms with Crippen molar-refractivity contribution in [3.05, 3.63) is 154 Å². The quantitative estimate of drug-likeness (QED) is 0.193. The van der Waals surface area contributed by atoms with Crippen molar-refractivity contribution in [3.8, 4) is 11.5 Å². The van der Waals surface area contributed by atoms with Crippen LogP contribution in [0.3, 0.4) is 0 Å². The predicted octanol–water partition coefficient (Wildman–Crippen LogP) is 11.2. The molecule has 1 fully saturated rings. The first-order valence-corrected chi connectivity index (χ1v) is 20.6. The molecule has 2 heterocycles. The van der Waals surface area contributed by atoms with E-state index in [1.807, 2.05) is 48.5 Å². The SMILES string of the molecule is CC1=CC[C@]2(C)c3ccccc3CC[C@H]2[C@@]1(C)CC1Oc2ccccc2C1=O.C[C@]12C[C@@]3(Oc4ccccc4C3=O)C1=CC[C@]1(C)c3ccccc3CC[C@@H]21. The number of carbonyl (C=O) groups is 2. The molecule has 7 aliphatic rings. The zero-order valence-corrected chi connectivity index (χ0v) is 32.9. The lowest BCUT2D eigenvalue weighted by Crippen LogP contribution is -2.66. The number of carbonyl (C=O) groups excluding carboxylic acids is 2. The largest absolute Gasteiger partial charge is 0.481 e. The molecule has 0 aromatic heterocycles. The van der Waals surface area contributed by atoms with Gasteiger partial charge >= 0.3 is 0 Å². The minimum absolute atomic E-state index is 0.0388. The minimum Gasteiger partial charge on any atom is -0.481 e. The van der Waals surface area contributed by atoms with Gasteiger partial charge in [0.25, 0.3) is 0 Å². The average molecular weight is 729 g/mol. The van der Waals surface area contributed by atoms with Crippen LogP contribution in [0.5, 0.6) is 11.5 Å². The van der Waals surface area contributed by atoms with Crippen LogP contribution in [0.1, 0.15) is 116 Å². The molecule has 0 N–H and O–H groups in total. The van der Waals surface area contributed by atoms with Gasteiger partial charge in [0.2, 0.25) is 11.6 Å². The summed E-state index contributed by atoms with van der Waals surface area (Å²) in [6.07, 6.45) is 12.7. The molecule has 1 unspecified atom stereocenters. The highest BCUT2D eigenvalue weighted by atomic mass is 16.5. The van der Waals surface area contributed by atoms with Crippen molar-refractivity contribution < 1.29 is 19.1 Å². The summed E-state index contributed by atoms with van der Waals surface area (Å²) in [4.78, 5) is 26.3. The van der Waals surface area contributed by atoms with Gasteiger partial charge in [0.05, 0.1) is 11.1 Å². The molecule has 0 bridgehead atoms. The van der Waals surface area contributed by atoms with Gasteiger partial charge < -0.3 is 9.47 Å². The lowest BCUT2D eigenvalue weighted by molar-refractivity contribution is -0.0568. The van der Waals surface area contributed by atoms with E-state index in [9.17, 15) is 9.59 Å². The number of rotatable bonds is 2. The predicted molar refractivity (Wildman–Crippen MR) is 217 cm³/mol. The number of para-hydroxylation sites is 2. The van der Waals surface area contributed by atoms with E-state index < -0.39 is 5.60 Å². The maximum absolute atomic E-state index is 13.3. The Morgan fingerprint density at radius 2 is 1.20 bits per heavy atom. The number of benzene rings is 4. The van der Waals surface area contributed by atoms with Gasteiger partial charge in [0, 0.05) is 18.3 Å². The summed E-state index contributed by atoms with van der Waals surface area (Å²) in [7, 11) is 0. The lowest BCUT2D eigenvalue weighted by Gasteiger charge is -2.64. The maximum Gasteiger partial charge on any atom is 0.214 e. The smallest absolute Gasteiger partial charge is 0.214 e. The Labute approximate surface area is 326 Å². The fraction of sp³-hybridized carbons (Fsp3) is 0.412. The van der Waals surface area contributed by atoms with Crippen molar-refractivity contribution in [2.24, 2.45) is 22.7 Å². The number of allylic oxidation sites excluding steroid dienone is 3. The number of ketones is 2. The van der Waals surface area contributed by atoms with Crippen molar-refractivity contribution in [2.45, 2.75) is 109 Å². The molecule has 4 heteroatoms. The van der Waals surface area contributed by atoms with Crippen molar-refractivity contribution in [3.63, 3.8) is 0 Å². The number of hydrogen-bond donors (Lipinski definition) is 0. The summed E-state index contributed by atoms with van der Waals surface area (Å²) in [6.45, 7) is 11.9. The Morgan fingerprint density at radius 1 is 0.636 bits per heavy atom. The first-order valence-electron chi connectivity index (χ1n) is 20.6. The van der Waals surface area contributed by atoms with Crippen molar-refractivity contribution in [2.75, 3.05) is 0 Å². The average Bonchev–Trinajstić information content (AvgIpc) is 3.66. The van der Waals surface area contributed by atoms with E-state index in [0.29, 0.717) is 11.8 Å². The van der Waals surface area contributed by atoms with Crippen molar-refractivity contribution in [1.82, 2.24) is 0 Å². The number of fused-ring (bicyclic) bond motifs is 11. The molecular formula is C51H52O4. The second-order valence-electron chi connectivity index (χ2n) is 18.7. The molecule has 1 spiro atoms. The van der Waals surface area contributed by atoms with E-state index in [4.69, 9.17) is 9.47 Å². The summed E-state index contributed by atoms with van der Waals surface area (Å²) >= 11 is 0. The molecule has 4 aromatic rings. The third-order valence-electron chi connectivity index (χ3n) is 16.0. The highest BCUT2D eigenvalue weighted by Crippen LogP contribution is 2.70. The van der Waals surface area contributed by atoms with Crippen molar-refractivity contribution in [1.29, 1.82) is 0 Å². The Bertz CT molecular complexity index is 2350. The van der Waals surface area contributed by atoms with Crippen LogP contribution in [0.4, 0.5) is 0 Å². The van der Waals surface area contributed by atoms with E-state index in [1.165, 1.54) is 46.2 Å². The van der Waals surface area contributed by atoms with E-state index in [0.717, 1.165) is 61.2 Å². The van der Waals surface area contributed by atoms with E-state index >= 15 is 0 Å². The maximum atomic E-state index is 13.3. The molecule has 5 aliphatic carbocycles. The standard InChI is InChI=1S/C26H28O2.C25H24O2/c1-17-14-15-25(2)20-10-6-4-8-18(20)12-13-23(25)26(17,3)16-22-24(27)19-9-5-7-11-21(19)28-22;1-23-14-13-21-24(2,20(23)12-11-16-7-3-5-9-18(16)23)15-25(21)22(26)17-8-4-6-10-19(17)27-25/h4-11,14,22-23H,12-13,15-16H2,1-3H3;3-10,13,20H,11-12,14-15H2,1-2H3/t22?,23-,25-,26+;20-,23-,24-,25-/m11/s1. The Kier molecular flexibility index (Phi) is 7.52.